The van der Waals surface area contributed by atoms with Crippen molar-refractivity contribution in [1.82, 2.24) is 5.32 Å². The number of thioether (sulfide) groups is 1. The van der Waals surface area contributed by atoms with Gasteiger partial charge in [-0.15, -0.1) is 0 Å². The first-order valence-electron chi connectivity index (χ1n) is 7.49. The first-order chi connectivity index (χ1) is 9.60. The summed E-state index contributed by atoms with van der Waals surface area (Å²) in [6.07, 6.45) is 1.18. The molecule has 1 aromatic carbocycles. The van der Waals surface area contributed by atoms with Crippen LogP contribution in [-0.2, 0) is 6.54 Å². The van der Waals surface area contributed by atoms with Crippen molar-refractivity contribution < 1.29 is 0 Å². The van der Waals surface area contributed by atoms with E-state index in [1.54, 1.807) is 0 Å². The summed E-state index contributed by atoms with van der Waals surface area (Å²) in [5, 5.41) is 4.86. The summed E-state index contributed by atoms with van der Waals surface area (Å²) in [6.45, 7) is 11.2. The van der Waals surface area contributed by atoms with Gasteiger partial charge in [-0.3, -0.25) is 0 Å². The van der Waals surface area contributed by atoms with E-state index in [-0.39, 0.29) is 0 Å². The third-order valence-electron chi connectivity index (χ3n) is 3.53. The molecule has 0 aliphatic carbocycles. The highest BCUT2D eigenvalue weighted by molar-refractivity contribution is 9.10. The number of rotatable bonds is 5. The van der Waals surface area contributed by atoms with Gasteiger partial charge in [-0.2, -0.15) is 11.8 Å². The maximum atomic E-state index is 3.76. The lowest BCUT2D eigenvalue weighted by atomic mass is 10.1. The molecule has 0 radical (unpaired) electrons. The van der Waals surface area contributed by atoms with Crippen molar-refractivity contribution in [2.75, 3.05) is 24.5 Å². The molecule has 20 heavy (non-hydrogen) atoms. The minimum absolute atomic E-state index is 0.705. The lowest BCUT2D eigenvalue weighted by molar-refractivity contribution is 0.675. The molecule has 2 unspecified atom stereocenters. The molecule has 1 aliphatic heterocycles. The van der Waals surface area contributed by atoms with Crippen molar-refractivity contribution in [2.45, 2.75) is 44.2 Å². The lowest BCUT2D eigenvalue weighted by Crippen LogP contribution is -2.40. The van der Waals surface area contributed by atoms with Crippen LogP contribution in [0.15, 0.2) is 22.7 Å². The van der Waals surface area contributed by atoms with E-state index < -0.39 is 0 Å². The Morgan fingerprint density at radius 1 is 1.30 bits per heavy atom. The topological polar surface area (TPSA) is 15.3 Å². The molecular weight excluding hydrogens is 332 g/mol. The summed E-state index contributed by atoms with van der Waals surface area (Å²) in [5.74, 6) is 0. The third-order valence-corrected chi connectivity index (χ3v) is 5.39. The highest BCUT2D eigenvalue weighted by Crippen LogP contribution is 2.33. The van der Waals surface area contributed by atoms with Crippen molar-refractivity contribution in [3.8, 4) is 0 Å². The molecule has 1 aromatic rings. The van der Waals surface area contributed by atoms with Gasteiger partial charge in [0.1, 0.15) is 0 Å². The van der Waals surface area contributed by atoms with E-state index in [1.807, 2.05) is 0 Å². The third kappa shape index (κ3) is 4.40. The van der Waals surface area contributed by atoms with Crippen molar-refractivity contribution in [2.24, 2.45) is 0 Å². The molecule has 1 N–H and O–H groups in total. The molecule has 0 amide bonds. The minimum atomic E-state index is 0.705. The van der Waals surface area contributed by atoms with Crippen LogP contribution < -0.4 is 10.2 Å². The van der Waals surface area contributed by atoms with Crippen LogP contribution in [0.2, 0.25) is 0 Å². The van der Waals surface area contributed by atoms with E-state index in [0.29, 0.717) is 10.5 Å². The first-order valence-corrected chi connectivity index (χ1v) is 9.23. The number of benzene rings is 1. The predicted molar refractivity (Wildman–Crippen MR) is 94.9 cm³/mol. The van der Waals surface area contributed by atoms with Crippen molar-refractivity contribution >= 4 is 33.4 Å². The summed E-state index contributed by atoms with van der Waals surface area (Å²) in [5.41, 5.74) is 2.68. The van der Waals surface area contributed by atoms with Gasteiger partial charge in [-0.1, -0.05) is 26.8 Å². The Morgan fingerprint density at radius 3 is 2.60 bits per heavy atom. The summed E-state index contributed by atoms with van der Waals surface area (Å²) >= 11 is 5.85. The SMILES string of the molecule is CCCNCc1ccc(N2CC(C)SC(C)C2)c(Br)c1. The van der Waals surface area contributed by atoms with E-state index in [9.17, 15) is 0 Å². The van der Waals surface area contributed by atoms with E-state index in [1.165, 1.54) is 22.1 Å². The van der Waals surface area contributed by atoms with Crippen LogP contribution in [0.25, 0.3) is 0 Å². The zero-order valence-corrected chi connectivity index (χ0v) is 15.1. The van der Waals surface area contributed by atoms with Gasteiger partial charge in [0, 0.05) is 34.6 Å². The Hall–Kier alpha value is -0.190. The summed E-state index contributed by atoms with van der Waals surface area (Å²) in [4.78, 5) is 2.51. The van der Waals surface area contributed by atoms with Crippen LogP contribution in [0.3, 0.4) is 0 Å². The predicted octanol–water partition coefficient (Wildman–Crippen LogP) is 4.28. The normalized spacial score (nSPS) is 23.1. The molecule has 1 aliphatic rings. The van der Waals surface area contributed by atoms with E-state index in [2.05, 4.69) is 76.9 Å². The molecule has 1 fully saturated rings. The average molecular weight is 357 g/mol. The summed E-state index contributed by atoms with van der Waals surface area (Å²) < 4.78 is 1.22. The maximum Gasteiger partial charge on any atom is 0.0511 e. The van der Waals surface area contributed by atoms with Gasteiger partial charge >= 0.3 is 0 Å². The molecule has 0 saturated carbocycles. The number of hydrogen-bond acceptors (Lipinski definition) is 3. The molecule has 0 bridgehead atoms. The minimum Gasteiger partial charge on any atom is -0.368 e. The zero-order valence-electron chi connectivity index (χ0n) is 12.7. The largest absolute Gasteiger partial charge is 0.368 e. The number of anilines is 1. The molecule has 2 nitrogen and oxygen atoms in total. The van der Waals surface area contributed by atoms with Gasteiger partial charge in [-0.05, 0) is 46.6 Å². The monoisotopic (exact) mass is 356 g/mol. The number of nitrogens with one attached hydrogen (secondary N) is 1. The second kappa shape index (κ2) is 7.71. The molecule has 4 heteroatoms. The van der Waals surface area contributed by atoms with Crippen LogP contribution in [0, 0.1) is 0 Å². The Bertz CT molecular complexity index is 428. The molecule has 2 rings (SSSR count). The van der Waals surface area contributed by atoms with Crippen LogP contribution in [0.4, 0.5) is 5.69 Å². The van der Waals surface area contributed by atoms with Crippen molar-refractivity contribution in [3.63, 3.8) is 0 Å². The first kappa shape index (κ1) is 16.2. The maximum absolute atomic E-state index is 3.76. The summed E-state index contributed by atoms with van der Waals surface area (Å²) in [7, 11) is 0. The average Bonchev–Trinajstić information content (AvgIpc) is 2.38. The van der Waals surface area contributed by atoms with Crippen LogP contribution in [0.5, 0.6) is 0 Å². The van der Waals surface area contributed by atoms with Gasteiger partial charge in [0.05, 0.1) is 5.69 Å². The second-order valence-electron chi connectivity index (χ2n) is 5.62. The molecule has 1 saturated heterocycles. The quantitative estimate of drug-likeness (QED) is 0.792. The molecule has 0 aromatic heterocycles. The molecule has 2 atom stereocenters. The Labute approximate surface area is 135 Å². The number of hydrogen-bond donors (Lipinski definition) is 1. The molecule has 1 heterocycles. The van der Waals surface area contributed by atoms with Gasteiger partial charge < -0.3 is 10.2 Å². The molecular formula is C16H25BrN2S. The van der Waals surface area contributed by atoms with E-state index in [0.717, 1.165) is 26.2 Å². The summed E-state index contributed by atoms with van der Waals surface area (Å²) in [6, 6.07) is 6.78. The zero-order chi connectivity index (χ0) is 14.5. The van der Waals surface area contributed by atoms with Gasteiger partial charge in [0.15, 0.2) is 0 Å². The Morgan fingerprint density at radius 2 is 2.00 bits per heavy atom. The Balaban J connectivity index is 2.05. The smallest absolute Gasteiger partial charge is 0.0511 e. The standard InChI is InChI=1S/C16H25BrN2S/c1-4-7-18-9-14-5-6-16(15(17)8-14)19-10-12(2)20-13(3)11-19/h5-6,8,12-13,18H,4,7,9-11H2,1-3H3. The number of nitrogens with zero attached hydrogens (tertiary/aromatic N) is 1. The fourth-order valence-electron chi connectivity index (χ4n) is 2.70. The molecule has 0 spiro atoms. The fourth-order valence-corrected chi connectivity index (χ4v) is 4.70. The van der Waals surface area contributed by atoms with Crippen LogP contribution >= 0.6 is 27.7 Å². The van der Waals surface area contributed by atoms with Gasteiger partial charge in [0.2, 0.25) is 0 Å². The van der Waals surface area contributed by atoms with E-state index in [4.69, 9.17) is 0 Å². The molecule has 112 valence electrons. The Kier molecular flexibility index (Phi) is 6.24. The second-order valence-corrected chi connectivity index (χ2v) is 8.36. The van der Waals surface area contributed by atoms with Crippen molar-refractivity contribution in [1.29, 1.82) is 0 Å². The number of halogens is 1. The van der Waals surface area contributed by atoms with Crippen LogP contribution in [-0.4, -0.2) is 30.1 Å². The highest BCUT2D eigenvalue weighted by atomic mass is 79.9. The van der Waals surface area contributed by atoms with Crippen LogP contribution in [0.1, 0.15) is 32.8 Å². The van der Waals surface area contributed by atoms with Gasteiger partial charge in [0.25, 0.3) is 0 Å². The fraction of sp³-hybridized carbons (Fsp3) is 0.625. The lowest BCUT2D eigenvalue weighted by Gasteiger charge is -2.36. The van der Waals surface area contributed by atoms with E-state index >= 15 is 0 Å². The van der Waals surface area contributed by atoms with Crippen molar-refractivity contribution in [3.05, 3.63) is 28.2 Å². The van der Waals surface area contributed by atoms with Gasteiger partial charge in [-0.25, -0.2) is 0 Å². The highest BCUT2D eigenvalue weighted by Gasteiger charge is 2.23.